The first kappa shape index (κ1) is 15.7. The van der Waals surface area contributed by atoms with Crippen LogP contribution in [0.2, 0.25) is 0 Å². The molecule has 0 aliphatic carbocycles. The maximum absolute atomic E-state index is 3.79. The van der Waals surface area contributed by atoms with Crippen molar-refractivity contribution in [3.05, 3.63) is 20.8 Å². The summed E-state index contributed by atoms with van der Waals surface area (Å²) in [4.78, 5) is 1.98. The second-order valence-electron chi connectivity index (χ2n) is 4.51. The molecule has 0 fully saturated rings. The van der Waals surface area contributed by atoms with Crippen molar-refractivity contribution >= 4 is 43.2 Å². The maximum Gasteiger partial charge on any atom is 0.0500 e. The van der Waals surface area contributed by atoms with Crippen molar-refractivity contribution in [2.75, 3.05) is 0 Å². The van der Waals surface area contributed by atoms with Gasteiger partial charge in [-0.1, -0.05) is 67.8 Å². The number of unbranched alkanes of at least 4 members (excludes halogenated alkanes) is 6. The fourth-order valence-electron chi connectivity index (χ4n) is 1.94. The summed E-state index contributed by atoms with van der Waals surface area (Å²) in [7, 11) is 0. The minimum absolute atomic E-state index is 0.535. The fraction of sp³-hybridized carbons (Fsp3) is 0.714. The number of rotatable bonds is 9. The molecule has 0 saturated heterocycles. The van der Waals surface area contributed by atoms with E-state index in [1.54, 1.807) is 0 Å². The minimum Gasteiger partial charge on any atom is -0.147 e. The molecular formula is C14H22Br2S. The highest BCUT2D eigenvalue weighted by Gasteiger charge is 2.11. The molecule has 1 rings (SSSR count). The van der Waals surface area contributed by atoms with Gasteiger partial charge >= 0.3 is 0 Å². The van der Waals surface area contributed by atoms with Crippen LogP contribution in [-0.4, -0.2) is 0 Å². The van der Waals surface area contributed by atoms with E-state index in [0.717, 1.165) is 0 Å². The van der Waals surface area contributed by atoms with E-state index in [1.165, 1.54) is 60.7 Å². The van der Waals surface area contributed by atoms with Crippen LogP contribution in [0.3, 0.4) is 0 Å². The Hall–Kier alpha value is 0.660. The van der Waals surface area contributed by atoms with Crippen LogP contribution in [0.4, 0.5) is 0 Å². The highest BCUT2D eigenvalue weighted by Crippen LogP contribution is 2.37. The Kier molecular flexibility index (Phi) is 8.85. The molecule has 0 nitrogen and oxygen atoms in total. The van der Waals surface area contributed by atoms with E-state index in [-0.39, 0.29) is 0 Å². The van der Waals surface area contributed by atoms with Crippen LogP contribution in [0, 0.1) is 0 Å². The van der Waals surface area contributed by atoms with Gasteiger partial charge in [-0.2, -0.15) is 0 Å². The van der Waals surface area contributed by atoms with Gasteiger partial charge in [-0.15, -0.1) is 11.3 Å². The molecule has 1 aromatic heterocycles. The van der Waals surface area contributed by atoms with Crippen molar-refractivity contribution < 1.29 is 0 Å². The van der Waals surface area contributed by atoms with Crippen LogP contribution < -0.4 is 0 Å². The Balaban J connectivity index is 2.05. The molecule has 0 saturated carbocycles. The zero-order chi connectivity index (χ0) is 12.5. The third-order valence-corrected chi connectivity index (χ3v) is 6.19. The molecule has 0 N–H and O–H groups in total. The third kappa shape index (κ3) is 6.40. The zero-order valence-electron chi connectivity index (χ0n) is 10.6. The molecule has 1 aromatic rings. The predicted octanol–water partition coefficient (Wildman–Crippen LogP) is 7.09. The lowest BCUT2D eigenvalue weighted by Crippen LogP contribution is -1.88. The summed E-state index contributed by atoms with van der Waals surface area (Å²) in [5.74, 6) is 0. The molecule has 98 valence electrons. The van der Waals surface area contributed by atoms with Crippen LogP contribution in [0.5, 0.6) is 0 Å². The topological polar surface area (TPSA) is 0 Å². The molecule has 0 radical (unpaired) electrons. The summed E-state index contributed by atoms with van der Waals surface area (Å²) in [6, 6.07) is 2.14. The third-order valence-electron chi connectivity index (χ3n) is 2.99. The van der Waals surface area contributed by atoms with Crippen LogP contribution >= 0.6 is 43.2 Å². The lowest BCUT2D eigenvalue weighted by atomic mass is 10.1. The Morgan fingerprint density at radius 1 is 1.12 bits per heavy atom. The van der Waals surface area contributed by atoms with Gasteiger partial charge in [0.25, 0.3) is 0 Å². The molecule has 3 heteroatoms. The van der Waals surface area contributed by atoms with E-state index in [0.29, 0.717) is 4.83 Å². The van der Waals surface area contributed by atoms with Gasteiger partial charge in [-0.25, -0.2) is 0 Å². The molecular weight excluding hydrogens is 360 g/mol. The minimum atomic E-state index is 0.535. The van der Waals surface area contributed by atoms with Crippen molar-refractivity contribution in [3.8, 4) is 0 Å². The molecule has 0 spiro atoms. The highest BCUT2D eigenvalue weighted by molar-refractivity contribution is 9.11. The second-order valence-corrected chi connectivity index (χ2v) is 7.42. The summed E-state index contributed by atoms with van der Waals surface area (Å²) in [6.45, 7) is 2.27. The summed E-state index contributed by atoms with van der Waals surface area (Å²) in [6.07, 6.45) is 11.0. The SMILES string of the molecule is CCCCCCCCCC(Br)c1sccc1Br. The normalized spacial score (nSPS) is 12.9. The van der Waals surface area contributed by atoms with E-state index < -0.39 is 0 Å². The van der Waals surface area contributed by atoms with E-state index >= 15 is 0 Å². The predicted molar refractivity (Wildman–Crippen MR) is 86.3 cm³/mol. The first-order chi connectivity index (χ1) is 8.25. The van der Waals surface area contributed by atoms with Crippen LogP contribution in [-0.2, 0) is 0 Å². The Morgan fingerprint density at radius 2 is 1.76 bits per heavy atom. The van der Waals surface area contributed by atoms with E-state index in [1.807, 2.05) is 11.3 Å². The molecule has 1 heterocycles. The van der Waals surface area contributed by atoms with E-state index in [4.69, 9.17) is 0 Å². The van der Waals surface area contributed by atoms with Gasteiger partial charge in [0.05, 0.1) is 4.83 Å². The van der Waals surface area contributed by atoms with Crippen molar-refractivity contribution in [3.63, 3.8) is 0 Å². The number of hydrogen-bond donors (Lipinski definition) is 0. The van der Waals surface area contributed by atoms with E-state index in [2.05, 4.69) is 50.2 Å². The molecule has 1 atom stereocenters. The van der Waals surface area contributed by atoms with Crippen LogP contribution in [0.25, 0.3) is 0 Å². The highest BCUT2D eigenvalue weighted by atomic mass is 79.9. The van der Waals surface area contributed by atoms with Crippen molar-refractivity contribution in [1.29, 1.82) is 0 Å². The van der Waals surface area contributed by atoms with Gasteiger partial charge in [0.1, 0.15) is 0 Å². The van der Waals surface area contributed by atoms with Gasteiger partial charge in [-0.05, 0) is 33.8 Å². The molecule has 17 heavy (non-hydrogen) atoms. The number of alkyl halides is 1. The smallest absolute Gasteiger partial charge is 0.0500 e. The molecule has 0 amide bonds. The Bertz CT molecular complexity index is 296. The van der Waals surface area contributed by atoms with Crippen LogP contribution in [0.1, 0.15) is 68.0 Å². The summed E-state index contributed by atoms with van der Waals surface area (Å²) >= 11 is 9.23. The first-order valence-corrected chi connectivity index (χ1v) is 9.21. The summed E-state index contributed by atoms with van der Waals surface area (Å²) < 4.78 is 1.26. The Morgan fingerprint density at radius 3 is 2.35 bits per heavy atom. The average Bonchev–Trinajstić information content (AvgIpc) is 2.74. The van der Waals surface area contributed by atoms with Crippen molar-refractivity contribution in [1.82, 2.24) is 0 Å². The van der Waals surface area contributed by atoms with Crippen molar-refractivity contribution in [2.24, 2.45) is 0 Å². The lowest BCUT2D eigenvalue weighted by molar-refractivity contribution is 0.575. The maximum atomic E-state index is 3.79. The molecule has 0 aliphatic heterocycles. The van der Waals surface area contributed by atoms with Crippen molar-refractivity contribution in [2.45, 2.75) is 63.1 Å². The van der Waals surface area contributed by atoms with Gasteiger partial charge in [0, 0.05) is 9.35 Å². The quantitative estimate of drug-likeness (QED) is 0.316. The van der Waals surface area contributed by atoms with E-state index in [9.17, 15) is 0 Å². The first-order valence-electron chi connectivity index (χ1n) is 6.62. The molecule has 1 unspecified atom stereocenters. The Labute approximate surface area is 126 Å². The second kappa shape index (κ2) is 9.57. The van der Waals surface area contributed by atoms with Gasteiger partial charge < -0.3 is 0 Å². The van der Waals surface area contributed by atoms with Crippen LogP contribution in [0.15, 0.2) is 15.9 Å². The summed E-state index contributed by atoms with van der Waals surface area (Å²) in [5, 5.41) is 2.15. The molecule has 0 aliphatic rings. The number of hydrogen-bond acceptors (Lipinski definition) is 1. The van der Waals surface area contributed by atoms with Gasteiger partial charge in [-0.3, -0.25) is 0 Å². The standard InChI is InChI=1S/C14H22Br2S/c1-2-3-4-5-6-7-8-9-12(15)14-13(16)10-11-17-14/h10-12H,2-9H2,1H3. The number of halogens is 2. The number of thiophene rings is 1. The largest absolute Gasteiger partial charge is 0.147 e. The summed E-state index contributed by atoms with van der Waals surface area (Å²) in [5.41, 5.74) is 0. The molecule has 0 bridgehead atoms. The fourth-order valence-corrected chi connectivity index (χ4v) is 4.80. The average molecular weight is 382 g/mol. The van der Waals surface area contributed by atoms with Gasteiger partial charge in [0.15, 0.2) is 0 Å². The monoisotopic (exact) mass is 380 g/mol. The molecule has 0 aromatic carbocycles. The zero-order valence-corrected chi connectivity index (χ0v) is 14.5. The van der Waals surface area contributed by atoms with Gasteiger partial charge in [0.2, 0.25) is 0 Å². The lowest BCUT2D eigenvalue weighted by Gasteiger charge is -2.08.